The maximum Gasteiger partial charge on any atom is 0.229 e. The van der Waals surface area contributed by atoms with Gasteiger partial charge in [0.1, 0.15) is 0 Å². The van der Waals surface area contributed by atoms with E-state index < -0.39 is 5.82 Å². The van der Waals surface area contributed by atoms with Gasteiger partial charge in [0.15, 0.2) is 11.6 Å². The van der Waals surface area contributed by atoms with Gasteiger partial charge < -0.3 is 15.5 Å². The molecule has 2 aromatic rings. The number of nitrogens with one attached hydrogen (secondary N) is 4. The summed E-state index contributed by atoms with van der Waals surface area (Å²) in [4.78, 5) is 22.3. The van der Waals surface area contributed by atoms with E-state index in [1.807, 2.05) is 25.1 Å². The fourth-order valence-corrected chi connectivity index (χ4v) is 4.99. The number of hydrogen-bond donors (Lipinski definition) is 4. The smallest absolute Gasteiger partial charge is 0.229 e. The number of halogens is 1. The molecule has 0 radical (unpaired) electrons. The summed E-state index contributed by atoms with van der Waals surface area (Å²) >= 11 is 0. The fourth-order valence-electron chi connectivity index (χ4n) is 4.99. The molecule has 3 aliphatic rings. The Bertz CT molecular complexity index is 968. The van der Waals surface area contributed by atoms with Crippen molar-refractivity contribution in [3.63, 3.8) is 0 Å². The van der Waals surface area contributed by atoms with E-state index in [4.69, 9.17) is 0 Å². The number of rotatable bonds is 5. The summed E-state index contributed by atoms with van der Waals surface area (Å²) in [7, 11) is 0. The van der Waals surface area contributed by atoms with Gasteiger partial charge in [-0.05, 0) is 49.9 Å². The van der Waals surface area contributed by atoms with Crippen LogP contribution in [-0.4, -0.2) is 41.0 Å². The Morgan fingerprint density at radius 2 is 2.23 bits per heavy atom. The van der Waals surface area contributed by atoms with Crippen LogP contribution < -0.4 is 26.4 Å². The highest BCUT2D eigenvalue weighted by molar-refractivity contribution is 5.99. The Kier molecular flexibility index (Phi) is 5.00. The molecule has 3 heterocycles. The number of carbonyl (C=O) groups is 1. The average Bonchev–Trinajstić information content (AvgIpc) is 3.36. The van der Waals surface area contributed by atoms with E-state index in [-0.39, 0.29) is 11.9 Å². The summed E-state index contributed by atoms with van der Waals surface area (Å²) in [6.45, 7) is 3.60. The van der Waals surface area contributed by atoms with Crippen molar-refractivity contribution in [1.29, 1.82) is 0 Å². The van der Waals surface area contributed by atoms with Gasteiger partial charge in [0.05, 0.1) is 12.6 Å². The average molecular weight is 411 g/mol. The van der Waals surface area contributed by atoms with Gasteiger partial charge in [-0.25, -0.2) is 9.37 Å². The minimum atomic E-state index is -0.410. The Labute approximate surface area is 174 Å². The molecule has 2 aliphatic heterocycles. The van der Waals surface area contributed by atoms with Crippen LogP contribution in [0.2, 0.25) is 0 Å². The molecule has 1 saturated carbocycles. The summed E-state index contributed by atoms with van der Waals surface area (Å²) < 4.78 is 14.8. The minimum absolute atomic E-state index is 0.0114. The first-order valence-electron chi connectivity index (χ1n) is 10.6. The molecular formula is C21H26FN7O. The molecule has 3 atom stereocenters. The van der Waals surface area contributed by atoms with E-state index >= 15 is 0 Å². The molecule has 8 nitrogen and oxygen atoms in total. The van der Waals surface area contributed by atoms with E-state index in [0.717, 1.165) is 42.7 Å². The summed E-state index contributed by atoms with van der Waals surface area (Å²) in [6.07, 6.45) is 4.86. The second kappa shape index (κ2) is 7.81. The third-order valence-electron chi connectivity index (χ3n) is 6.38. The highest BCUT2D eigenvalue weighted by Gasteiger charge is 2.40. The standard InChI is InChI=1S/C21H26FN7O/c1-2-29(18-5-3-4-17-14(18)10-24-28-17)20-15(22)11-23-21(27-20)25-13-6-7-16-12(8-13)9-19(30)26-16/h6-8,11,14,17-18,24,28H,2-5,9-10H2,1H3,(H,26,30)(H,23,25,27). The molecule has 1 saturated heterocycles. The van der Waals surface area contributed by atoms with E-state index in [2.05, 4.69) is 36.4 Å². The van der Waals surface area contributed by atoms with E-state index in [1.54, 1.807) is 0 Å². The summed E-state index contributed by atoms with van der Waals surface area (Å²) in [6, 6.07) is 6.26. The van der Waals surface area contributed by atoms with Crippen LogP contribution in [0.4, 0.5) is 27.5 Å². The van der Waals surface area contributed by atoms with Gasteiger partial charge in [0, 0.05) is 42.5 Å². The molecule has 1 aromatic heterocycles. The normalized spacial score (nSPS) is 24.9. The van der Waals surface area contributed by atoms with Crippen LogP contribution in [0, 0.1) is 11.7 Å². The van der Waals surface area contributed by atoms with Crippen molar-refractivity contribution in [1.82, 2.24) is 20.8 Å². The molecule has 30 heavy (non-hydrogen) atoms. The van der Waals surface area contributed by atoms with Crippen LogP contribution in [-0.2, 0) is 11.2 Å². The monoisotopic (exact) mass is 411 g/mol. The van der Waals surface area contributed by atoms with Crippen molar-refractivity contribution >= 4 is 29.0 Å². The second-order valence-electron chi connectivity index (χ2n) is 8.17. The zero-order chi connectivity index (χ0) is 20.7. The van der Waals surface area contributed by atoms with E-state index in [9.17, 15) is 9.18 Å². The van der Waals surface area contributed by atoms with Crippen LogP contribution in [0.15, 0.2) is 24.4 Å². The zero-order valence-corrected chi connectivity index (χ0v) is 16.9. The Morgan fingerprint density at radius 1 is 1.33 bits per heavy atom. The predicted molar refractivity (Wildman–Crippen MR) is 113 cm³/mol. The molecule has 3 unspecified atom stereocenters. The molecule has 0 bridgehead atoms. The SMILES string of the molecule is CCN(c1nc(Nc2ccc3c(c2)CC(=O)N3)ncc1F)C1CCCC2NNCC21. The molecule has 5 rings (SSSR count). The molecule has 9 heteroatoms. The lowest BCUT2D eigenvalue weighted by molar-refractivity contribution is -0.115. The Hall–Kier alpha value is -2.78. The summed E-state index contributed by atoms with van der Waals surface area (Å²) in [5.41, 5.74) is 9.15. The molecule has 1 amide bonds. The maximum atomic E-state index is 14.8. The lowest BCUT2D eigenvalue weighted by Crippen LogP contribution is -2.49. The Morgan fingerprint density at radius 3 is 3.10 bits per heavy atom. The van der Waals surface area contributed by atoms with Crippen LogP contribution in [0.1, 0.15) is 31.7 Å². The maximum absolute atomic E-state index is 14.8. The fraction of sp³-hybridized carbons (Fsp3) is 0.476. The van der Waals surface area contributed by atoms with Gasteiger partial charge in [-0.3, -0.25) is 15.6 Å². The van der Waals surface area contributed by atoms with Gasteiger partial charge in [-0.15, -0.1) is 0 Å². The van der Waals surface area contributed by atoms with Crippen molar-refractivity contribution < 1.29 is 9.18 Å². The lowest BCUT2D eigenvalue weighted by Gasteiger charge is -2.40. The molecule has 4 N–H and O–H groups in total. The van der Waals surface area contributed by atoms with Gasteiger partial charge >= 0.3 is 0 Å². The highest BCUT2D eigenvalue weighted by atomic mass is 19.1. The van der Waals surface area contributed by atoms with Gasteiger partial charge in [0.2, 0.25) is 11.9 Å². The van der Waals surface area contributed by atoms with Crippen molar-refractivity contribution in [2.75, 3.05) is 28.6 Å². The third kappa shape index (κ3) is 3.48. The largest absolute Gasteiger partial charge is 0.351 e. The number of hydrogen-bond acceptors (Lipinski definition) is 7. The number of hydrazine groups is 1. The van der Waals surface area contributed by atoms with Crippen LogP contribution in [0.25, 0.3) is 0 Å². The van der Waals surface area contributed by atoms with Crippen molar-refractivity contribution in [2.24, 2.45) is 5.92 Å². The van der Waals surface area contributed by atoms with Crippen molar-refractivity contribution in [3.05, 3.63) is 35.8 Å². The lowest BCUT2D eigenvalue weighted by atomic mass is 9.81. The quantitative estimate of drug-likeness (QED) is 0.600. The zero-order valence-electron chi connectivity index (χ0n) is 16.9. The number of carbonyl (C=O) groups excluding carboxylic acids is 1. The van der Waals surface area contributed by atoms with Crippen molar-refractivity contribution in [2.45, 2.75) is 44.7 Å². The topological polar surface area (TPSA) is 94.2 Å². The molecule has 0 spiro atoms. The van der Waals surface area contributed by atoms with Crippen LogP contribution in [0.3, 0.4) is 0 Å². The molecule has 1 aromatic carbocycles. The van der Waals surface area contributed by atoms with Gasteiger partial charge in [-0.2, -0.15) is 4.98 Å². The number of benzene rings is 1. The van der Waals surface area contributed by atoms with Gasteiger partial charge in [-0.1, -0.05) is 0 Å². The molecule has 2 fully saturated rings. The third-order valence-corrected chi connectivity index (χ3v) is 6.38. The van der Waals surface area contributed by atoms with Gasteiger partial charge in [0.25, 0.3) is 0 Å². The first-order valence-corrected chi connectivity index (χ1v) is 10.6. The highest BCUT2D eigenvalue weighted by Crippen LogP contribution is 2.34. The molecular weight excluding hydrogens is 385 g/mol. The molecule has 1 aliphatic carbocycles. The van der Waals surface area contributed by atoms with Crippen molar-refractivity contribution in [3.8, 4) is 0 Å². The first-order chi connectivity index (χ1) is 14.6. The van der Waals surface area contributed by atoms with E-state index in [0.29, 0.717) is 36.7 Å². The molecule has 158 valence electrons. The summed E-state index contributed by atoms with van der Waals surface area (Å²) in [5.74, 6) is 0.684. The number of amides is 1. The minimum Gasteiger partial charge on any atom is -0.351 e. The van der Waals surface area contributed by atoms with Crippen LogP contribution >= 0.6 is 0 Å². The number of fused-ring (bicyclic) bond motifs is 2. The Balaban J connectivity index is 1.40. The van der Waals surface area contributed by atoms with Crippen LogP contribution in [0.5, 0.6) is 0 Å². The number of aromatic nitrogens is 2. The number of anilines is 4. The number of nitrogens with zero attached hydrogens (tertiary/aromatic N) is 3. The van der Waals surface area contributed by atoms with E-state index in [1.165, 1.54) is 6.20 Å². The first kappa shape index (κ1) is 19.2. The predicted octanol–water partition coefficient (Wildman–Crippen LogP) is 2.33. The second-order valence-corrected chi connectivity index (χ2v) is 8.17. The summed E-state index contributed by atoms with van der Waals surface area (Å²) in [5, 5.41) is 5.98.